The molecule has 0 unspecified atom stereocenters. The van der Waals surface area contributed by atoms with E-state index in [9.17, 15) is 18.3 Å². The van der Waals surface area contributed by atoms with E-state index in [1.165, 1.54) is 4.31 Å². The average molecular weight is 415 g/mol. The summed E-state index contributed by atoms with van der Waals surface area (Å²) in [5.74, 6) is 0. The van der Waals surface area contributed by atoms with Crippen LogP contribution in [0.15, 0.2) is 46.1 Å². The minimum Gasteiger partial charge on any atom is -0.395 e. The molecule has 0 bridgehead atoms. The molecule has 0 spiro atoms. The van der Waals surface area contributed by atoms with Gasteiger partial charge in [-0.1, -0.05) is 35.9 Å². The molecule has 3 aromatic rings. The molecule has 3 rings (SSSR count). The van der Waals surface area contributed by atoms with Gasteiger partial charge in [0.05, 0.1) is 17.0 Å². The maximum atomic E-state index is 13.4. The smallest absolute Gasteiger partial charge is 0.252 e. The number of nitrogens with one attached hydrogen (secondary N) is 1. The molecule has 1 heterocycles. The van der Waals surface area contributed by atoms with E-state index in [0.29, 0.717) is 16.7 Å². The third kappa shape index (κ3) is 4.12. The van der Waals surface area contributed by atoms with Crippen molar-refractivity contribution in [3.05, 3.63) is 74.6 Å². The number of H-pyrrole nitrogens is 1. The Balaban J connectivity index is 2.09. The topological polar surface area (TPSA) is 90.5 Å². The molecule has 7 heteroatoms. The molecule has 0 aliphatic carbocycles. The second kappa shape index (κ2) is 8.10. The Morgan fingerprint density at radius 1 is 1.00 bits per heavy atom. The standard InChI is InChI=1S/C22H26N2O4S/c1-14-10-16(3)21(17(4)11-14)29(27,28)24(8-9-25)13-19-12-18-7-5-6-15(2)20(18)23-22(19)26/h5-7,10-12,25H,8-9,13H2,1-4H3,(H,23,26). The van der Waals surface area contributed by atoms with Crippen LogP contribution in [0.3, 0.4) is 0 Å². The summed E-state index contributed by atoms with van der Waals surface area (Å²) >= 11 is 0. The van der Waals surface area contributed by atoms with E-state index in [2.05, 4.69) is 4.98 Å². The van der Waals surface area contributed by atoms with Crippen LogP contribution in [0.25, 0.3) is 10.9 Å². The van der Waals surface area contributed by atoms with Crippen LogP contribution in [0, 0.1) is 27.7 Å². The monoisotopic (exact) mass is 414 g/mol. The van der Waals surface area contributed by atoms with Crippen molar-refractivity contribution in [1.82, 2.24) is 9.29 Å². The summed E-state index contributed by atoms with van der Waals surface area (Å²) in [5.41, 5.74) is 3.96. The van der Waals surface area contributed by atoms with E-state index in [-0.39, 0.29) is 30.2 Å². The molecule has 0 atom stereocenters. The van der Waals surface area contributed by atoms with Crippen LogP contribution in [0.1, 0.15) is 27.8 Å². The molecule has 0 radical (unpaired) electrons. The van der Waals surface area contributed by atoms with Crippen LogP contribution in [-0.4, -0.2) is 36.0 Å². The molecule has 2 N–H and O–H groups in total. The van der Waals surface area contributed by atoms with Gasteiger partial charge in [0.25, 0.3) is 5.56 Å². The zero-order valence-corrected chi connectivity index (χ0v) is 17.9. The van der Waals surface area contributed by atoms with Crippen molar-refractivity contribution < 1.29 is 13.5 Å². The van der Waals surface area contributed by atoms with Crippen molar-refractivity contribution >= 4 is 20.9 Å². The van der Waals surface area contributed by atoms with Gasteiger partial charge < -0.3 is 10.1 Å². The van der Waals surface area contributed by atoms with E-state index in [1.807, 2.05) is 44.2 Å². The lowest BCUT2D eigenvalue weighted by atomic mass is 10.1. The molecular weight excluding hydrogens is 388 g/mol. The second-order valence-corrected chi connectivity index (χ2v) is 9.33. The number of rotatable bonds is 6. The van der Waals surface area contributed by atoms with Gasteiger partial charge in [-0.3, -0.25) is 4.79 Å². The molecule has 2 aromatic carbocycles. The summed E-state index contributed by atoms with van der Waals surface area (Å²) in [7, 11) is -3.90. The summed E-state index contributed by atoms with van der Waals surface area (Å²) in [6.45, 7) is 6.79. The van der Waals surface area contributed by atoms with Crippen LogP contribution >= 0.6 is 0 Å². The molecule has 0 saturated heterocycles. The van der Waals surface area contributed by atoms with Crippen LogP contribution in [0.5, 0.6) is 0 Å². The fraction of sp³-hybridized carbons (Fsp3) is 0.318. The Hall–Kier alpha value is -2.48. The zero-order valence-electron chi connectivity index (χ0n) is 17.1. The van der Waals surface area contributed by atoms with E-state index in [0.717, 1.165) is 22.0 Å². The van der Waals surface area contributed by atoms with Crippen molar-refractivity contribution in [2.24, 2.45) is 0 Å². The SMILES string of the molecule is Cc1cc(C)c(S(=O)(=O)N(CCO)Cc2cc3cccc(C)c3[nH]c2=O)c(C)c1. The first kappa shape index (κ1) is 21.2. The molecule has 154 valence electrons. The molecule has 29 heavy (non-hydrogen) atoms. The molecule has 0 saturated carbocycles. The number of aromatic amines is 1. The quantitative estimate of drug-likeness (QED) is 0.649. The minimum atomic E-state index is -3.90. The van der Waals surface area contributed by atoms with Gasteiger partial charge in [-0.05, 0) is 55.8 Å². The Kier molecular flexibility index (Phi) is 5.93. The van der Waals surface area contributed by atoms with Crippen LogP contribution in [0.4, 0.5) is 0 Å². The highest BCUT2D eigenvalue weighted by Crippen LogP contribution is 2.26. The number of pyridine rings is 1. The first-order valence-electron chi connectivity index (χ1n) is 9.45. The normalized spacial score (nSPS) is 12.1. The maximum Gasteiger partial charge on any atom is 0.252 e. The molecule has 0 amide bonds. The molecule has 0 aliphatic rings. The molecule has 0 fully saturated rings. The highest BCUT2D eigenvalue weighted by atomic mass is 32.2. The van der Waals surface area contributed by atoms with Crippen molar-refractivity contribution in [2.45, 2.75) is 39.1 Å². The number of aliphatic hydroxyl groups is 1. The molecule has 6 nitrogen and oxygen atoms in total. The second-order valence-electron chi connectivity index (χ2n) is 7.45. The van der Waals surface area contributed by atoms with E-state index >= 15 is 0 Å². The van der Waals surface area contributed by atoms with Crippen LogP contribution in [-0.2, 0) is 16.6 Å². The predicted octanol–water partition coefficient (Wildman–Crippen LogP) is 2.94. The molecular formula is C22H26N2O4S. The zero-order chi connectivity index (χ0) is 21.3. The van der Waals surface area contributed by atoms with E-state index in [1.54, 1.807) is 19.9 Å². The Morgan fingerprint density at radius 2 is 1.66 bits per heavy atom. The maximum absolute atomic E-state index is 13.4. The fourth-order valence-electron chi connectivity index (χ4n) is 3.83. The first-order chi connectivity index (χ1) is 13.6. The van der Waals surface area contributed by atoms with E-state index in [4.69, 9.17) is 0 Å². The van der Waals surface area contributed by atoms with E-state index < -0.39 is 10.0 Å². The number of aryl methyl sites for hydroxylation is 4. The van der Waals surface area contributed by atoms with Gasteiger partial charge in [0, 0.05) is 18.7 Å². The number of nitrogens with zero attached hydrogens (tertiary/aromatic N) is 1. The van der Waals surface area contributed by atoms with Crippen LogP contribution < -0.4 is 5.56 Å². The lowest BCUT2D eigenvalue weighted by Gasteiger charge is -2.23. The van der Waals surface area contributed by atoms with Gasteiger partial charge in [-0.15, -0.1) is 0 Å². The van der Waals surface area contributed by atoms with Gasteiger partial charge in [-0.2, -0.15) is 4.31 Å². The number of para-hydroxylation sites is 1. The highest BCUT2D eigenvalue weighted by Gasteiger charge is 2.28. The summed E-state index contributed by atoms with van der Waals surface area (Å²) in [6.07, 6.45) is 0. The number of aliphatic hydroxyl groups excluding tert-OH is 1. The van der Waals surface area contributed by atoms with Gasteiger partial charge in [0.1, 0.15) is 0 Å². The van der Waals surface area contributed by atoms with Crippen LogP contribution in [0.2, 0.25) is 0 Å². The number of benzene rings is 2. The predicted molar refractivity (Wildman–Crippen MR) is 115 cm³/mol. The fourth-order valence-corrected chi connectivity index (χ4v) is 5.66. The number of fused-ring (bicyclic) bond motifs is 1. The van der Waals surface area contributed by atoms with Crippen molar-refractivity contribution in [3.8, 4) is 0 Å². The minimum absolute atomic E-state index is 0.0968. The highest BCUT2D eigenvalue weighted by molar-refractivity contribution is 7.89. The summed E-state index contributed by atoms with van der Waals surface area (Å²) < 4.78 is 28.0. The molecule has 0 aliphatic heterocycles. The first-order valence-corrected chi connectivity index (χ1v) is 10.9. The average Bonchev–Trinajstić information content (AvgIpc) is 2.61. The number of hydrogen-bond acceptors (Lipinski definition) is 4. The Morgan fingerprint density at radius 3 is 2.28 bits per heavy atom. The number of hydrogen-bond donors (Lipinski definition) is 2. The van der Waals surface area contributed by atoms with Gasteiger partial charge in [0.15, 0.2) is 0 Å². The van der Waals surface area contributed by atoms with Gasteiger partial charge in [-0.25, -0.2) is 8.42 Å². The lowest BCUT2D eigenvalue weighted by molar-refractivity contribution is 0.250. The number of aromatic nitrogens is 1. The largest absolute Gasteiger partial charge is 0.395 e. The third-order valence-electron chi connectivity index (χ3n) is 5.06. The van der Waals surface area contributed by atoms with Crippen molar-refractivity contribution in [2.75, 3.05) is 13.2 Å². The summed E-state index contributed by atoms with van der Waals surface area (Å²) in [6, 6.07) is 11.0. The Labute approximate surface area is 170 Å². The number of sulfonamides is 1. The van der Waals surface area contributed by atoms with Crippen molar-refractivity contribution in [3.63, 3.8) is 0 Å². The third-order valence-corrected chi connectivity index (χ3v) is 7.21. The summed E-state index contributed by atoms with van der Waals surface area (Å²) in [5, 5.41) is 10.3. The Bertz CT molecular complexity index is 1210. The van der Waals surface area contributed by atoms with Crippen molar-refractivity contribution in [1.29, 1.82) is 0 Å². The lowest BCUT2D eigenvalue weighted by Crippen LogP contribution is -2.35. The van der Waals surface area contributed by atoms with Gasteiger partial charge >= 0.3 is 0 Å². The molecule has 1 aromatic heterocycles. The van der Waals surface area contributed by atoms with Gasteiger partial charge in [0.2, 0.25) is 10.0 Å². The summed E-state index contributed by atoms with van der Waals surface area (Å²) in [4.78, 5) is 15.7.